The molecule has 2 atom stereocenters. The lowest BCUT2D eigenvalue weighted by Gasteiger charge is -2.24. The predicted molar refractivity (Wildman–Crippen MR) is 102 cm³/mol. The Balaban J connectivity index is 1.65. The smallest absolute Gasteiger partial charge is 0.287 e. The molecular formula is C21H20ClNO3. The van der Waals surface area contributed by atoms with E-state index in [1.807, 2.05) is 43.3 Å². The number of furan rings is 1. The van der Waals surface area contributed by atoms with Crippen LogP contribution in [-0.4, -0.2) is 18.6 Å². The number of carbonyl (C=O) groups is 1. The van der Waals surface area contributed by atoms with Crippen molar-refractivity contribution in [1.82, 2.24) is 5.32 Å². The molecule has 26 heavy (non-hydrogen) atoms. The van der Waals surface area contributed by atoms with Gasteiger partial charge in [-0.25, -0.2) is 0 Å². The summed E-state index contributed by atoms with van der Waals surface area (Å²) >= 11 is 6.07. The number of hydrogen-bond donors (Lipinski definition) is 1. The van der Waals surface area contributed by atoms with Gasteiger partial charge < -0.3 is 14.5 Å². The van der Waals surface area contributed by atoms with E-state index >= 15 is 0 Å². The van der Waals surface area contributed by atoms with E-state index in [0.29, 0.717) is 16.4 Å². The third kappa shape index (κ3) is 3.22. The van der Waals surface area contributed by atoms with Crippen LogP contribution < -0.4 is 5.32 Å². The normalized spacial score (nSPS) is 18.2. The van der Waals surface area contributed by atoms with Crippen LogP contribution in [0.1, 0.15) is 40.6 Å². The van der Waals surface area contributed by atoms with Gasteiger partial charge in [-0.05, 0) is 43.5 Å². The average molecular weight is 370 g/mol. The van der Waals surface area contributed by atoms with Gasteiger partial charge in [0, 0.05) is 22.6 Å². The minimum absolute atomic E-state index is 0.0273. The lowest BCUT2D eigenvalue weighted by molar-refractivity contribution is 0.0658. The number of hydrogen-bond acceptors (Lipinski definition) is 3. The van der Waals surface area contributed by atoms with Gasteiger partial charge in [0.25, 0.3) is 5.91 Å². The van der Waals surface area contributed by atoms with E-state index in [-0.39, 0.29) is 18.1 Å². The molecule has 3 aromatic rings. The SMILES string of the molecule is Cc1c(C(=O)NC(c2ccccc2)C2CCCO2)oc2ccc(Cl)cc12. The molecular weight excluding hydrogens is 350 g/mol. The quantitative estimate of drug-likeness (QED) is 0.700. The van der Waals surface area contributed by atoms with E-state index in [9.17, 15) is 4.79 Å². The number of amides is 1. The molecule has 134 valence electrons. The maximum absolute atomic E-state index is 13.0. The maximum atomic E-state index is 13.0. The van der Waals surface area contributed by atoms with Crippen molar-refractivity contribution in [2.45, 2.75) is 31.9 Å². The summed E-state index contributed by atoms with van der Waals surface area (Å²) < 4.78 is 11.7. The number of halogens is 1. The second-order valence-corrected chi connectivity index (χ2v) is 7.05. The van der Waals surface area contributed by atoms with Gasteiger partial charge in [0.15, 0.2) is 5.76 Å². The Labute approximate surface area is 157 Å². The first-order chi connectivity index (χ1) is 12.6. The van der Waals surface area contributed by atoms with Crippen molar-refractivity contribution in [2.24, 2.45) is 0 Å². The Bertz CT molecular complexity index is 929. The highest BCUT2D eigenvalue weighted by Gasteiger charge is 2.30. The average Bonchev–Trinajstić information content (AvgIpc) is 3.29. The molecule has 1 amide bonds. The van der Waals surface area contributed by atoms with Crippen molar-refractivity contribution in [2.75, 3.05) is 6.61 Å². The van der Waals surface area contributed by atoms with Gasteiger partial charge in [-0.15, -0.1) is 0 Å². The van der Waals surface area contributed by atoms with Crippen LogP contribution in [0.3, 0.4) is 0 Å². The highest BCUT2D eigenvalue weighted by molar-refractivity contribution is 6.31. The fourth-order valence-electron chi connectivity index (χ4n) is 3.53. The zero-order valence-electron chi connectivity index (χ0n) is 14.5. The molecule has 4 rings (SSSR count). The first kappa shape index (κ1) is 17.1. The van der Waals surface area contributed by atoms with Gasteiger partial charge in [0.2, 0.25) is 0 Å². The monoisotopic (exact) mass is 369 g/mol. The molecule has 1 fully saturated rings. The lowest BCUT2D eigenvalue weighted by Crippen LogP contribution is -2.36. The molecule has 1 aliphatic heterocycles. The maximum Gasteiger partial charge on any atom is 0.287 e. The number of benzene rings is 2. The van der Waals surface area contributed by atoms with E-state index in [1.54, 1.807) is 12.1 Å². The van der Waals surface area contributed by atoms with Crippen molar-refractivity contribution in [3.8, 4) is 0 Å². The van der Waals surface area contributed by atoms with Crippen LogP contribution in [0.25, 0.3) is 11.0 Å². The summed E-state index contributed by atoms with van der Waals surface area (Å²) in [6, 6.07) is 15.1. The van der Waals surface area contributed by atoms with Crippen LogP contribution in [0, 0.1) is 6.92 Å². The molecule has 1 saturated heterocycles. The Kier molecular flexibility index (Phi) is 4.70. The van der Waals surface area contributed by atoms with Crippen molar-refractivity contribution in [3.63, 3.8) is 0 Å². The number of fused-ring (bicyclic) bond motifs is 1. The third-order valence-corrected chi connectivity index (χ3v) is 5.12. The van der Waals surface area contributed by atoms with E-state index in [4.69, 9.17) is 20.8 Å². The molecule has 2 unspecified atom stereocenters. The first-order valence-electron chi connectivity index (χ1n) is 8.79. The van der Waals surface area contributed by atoms with Gasteiger partial charge in [0.1, 0.15) is 5.58 Å². The van der Waals surface area contributed by atoms with Crippen LogP contribution in [0.15, 0.2) is 52.9 Å². The van der Waals surface area contributed by atoms with Crippen molar-refractivity contribution in [1.29, 1.82) is 0 Å². The van der Waals surface area contributed by atoms with Crippen molar-refractivity contribution >= 4 is 28.5 Å². The summed E-state index contributed by atoms with van der Waals surface area (Å²) in [7, 11) is 0. The van der Waals surface area contributed by atoms with Crippen LogP contribution in [0.2, 0.25) is 5.02 Å². The zero-order chi connectivity index (χ0) is 18.1. The molecule has 2 heterocycles. The van der Waals surface area contributed by atoms with E-state index in [2.05, 4.69) is 5.32 Å². The van der Waals surface area contributed by atoms with Crippen LogP contribution in [0.4, 0.5) is 0 Å². The summed E-state index contributed by atoms with van der Waals surface area (Å²) in [6.45, 7) is 2.60. The zero-order valence-corrected chi connectivity index (χ0v) is 15.3. The molecule has 5 heteroatoms. The lowest BCUT2D eigenvalue weighted by atomic mass is 9.99. The Morgan fingerprint density at radius 1 is 1.23 bits per heavy atom. The highest BCUT2D eigenvalue weighted by atomic mass is 35.5. The molecule has 0 spiro atoms. The molecule has 0 saturated carbocycles. The van der Waals surface area contributed by atoms with Gasteiger partial charge in [-0.3, -0.25) is 4.79 Å². The Morgan fingerprint density at radius 3 is 2.77 bits per heavy atom. The minimum Gasteiger partial charge on any atom is -0.451 e. The van der Waals surface area contributed by atoms with Gasteiger partial charge >= 0.3 is 0 Å². The summed E-state index contributed by atoms with van der Waals surface area (Å²) in [5, 5.41) is 4.59. The van der Waals surface area contributed by atoms with Gasteiger partial charge in [0.05, 0.1) is 12.1 Å². The summed E-state index contributed by atoms with van der Waals surface area (Å²) in [5.74, 6) is 0.0837. The van der Waals surface area contributed by atoms with E-state index < -0.39 is 0 Å². The number of ether oxygens (including phenoxy) is 1. The van der Waals surface area contributed by atoms with Gasteiger partial charge in [-0.2, -0.15) is 0 Å². The fraction of sp³-hybridized carbons (Fsp3) is 0.286. The third-order valence-electron chi connectivity index (χ3n) is 4.89. The van der Waals surface area contributed by atoms with E-state index in [1.165, 1.54) is 0 Å². The first-order valence-corrected chi connectivity index (χ1v) is 9.17. The molecule has 1 aliphatic rings. The van der Waals surface area contributed by atoms with Crippen LogP contribution in [-0.2, 0) is 4.74 Å². The Morgan fingerprint density at radius 2 is 2.04 bits per heavy atom. The van der Waals surface area contributed by atoms with Crippen LogP contribution >= 0.6 is 11.6 Å². The topological polar surface area (TPSA) is 51.5 Å². The van der Waals surface area contributed by atoms with Gasteiger partial charge in [-0.1, -0.05) is 41.9 Å². The number of carbonyl (C=O) groups excluding carboxylic acids is 1. The minimum atomic E-state index is -0.237. The summed E-state index contributed by atoms with van der Waals surface area (Å²) in [4.78, 5) is 13.0. The number of aryl methyl sites for hydroxylation is 1. The van der Waals surface area contributed by atoms with Crippen molar-refractivity contribution in [3.05, 3.63) is 70.4 Å². The predicted octanol–water partition coefficient (Wildman–Crippen LogP) is 5.04. The van der Waals surface area contributed by atoms with Crippen LogP contribution in [0.5, 0.6) is 0 Å². The number of rotatable bonds is 4. The molecule has 2 aromatic carbocycles. The fourth-order valence-corrected chi connectivity index (χ4v) is 3.71. The molecule has 0 aliphatic carbocycles. The summed E-state index contributed by atoms with van der Waals surface area (Å²) in [5.41, 5.74) is 2.48. The highest BCUT2D eigenvalue weighted by Crippen LogP contribution is 2.30. The molecule has 4 nitrogen and oxygen atoms in total. The molecule has 0 radical (unpaired) electrons. The largest absolute Gasteiger partial charge is 0.451 e. The molecule has 1 N–H and O–H groups in total. The number of nitrogens with one attached hydrogen (secondary N) is 1. The second kappa shape index (κ2) is 7.14. The standard InChI is InChI=1S/C21H20ClNO3/c1-13-16-12-15(22)9-10-17(16)26-20(13)21(24)23-19(18-8-5-11-25-18)14-6-3-2-4-7-14/h2-4,6-7,9-10,12,18-19H,5,8,11H2,1H3,(H,23,24). The summed E-state index contributed by atoms with van der Waals surface area (Å²) in [6.07, 6.45) is 1.90. The molecule has 1 aromatic heterocycles. The second-order valence-electron chi connectivity index (χ2n) is 6.61. The Hall–Kier alpha value is -2.30. The van der Waals surface area contributed by atoms with E-state index in [0.717, 1.165) is 36.0 Å². The van der Waals surface area contributed by atoms with Crippen molar-refractivity contribution < 1.29 is 13.9 Å². The molecule has 0 bridgehead atoms.